The number of ketones is 1. The number of carbonyl (C=O) groups excluding carboxylic acids is 1. The molecule has 4 saturated carbocycles. The van der Waals surface area contributed by atoms with E-state index in [-0.39, 0.29) is 5.78 Å². The molecule has 20 heavy (non-hydrogen) atoms. The van der Waals surface area contributed by atoms with E-state index in [4.69, 9.17) is 0 Å². The Hall–Kier alpha value is -1.44. The van der Waals surface area contributed by atoms with Gasteiger partial charge in [-0.25, -0.2) is 0 Å². The van der Waals surface area contributed by atoms with Crippen LogP contribution < -0.4 is 0 Å². The number of carbonyl (C=O) groups is 1. The van der Waals surface area contributed by atoms with Crippen LogP contribution in [0.2, 0.25) is 0 Å². The van der Waals surface area contributed by atoms with E-state index in [1.165, 1.54) is 38.5 Å². The first kappa shape index (κ1) is 12.3. The molecule has 5 rings (SSSR count). The quantitative estimate of drug-likeness (QED) is 0.611. The summed E-state index contributed by atoms with van der Waals surface area (Å²) in [6.07, 6.45) is 15.7. The van der Waals surface area contributed by atoms with Crippen LogP contribution in [0.15, 0.2) is 36.7 Å². The monoisotopic (exact) mass is 267 g/mol. The summed E-state index contributed by atoms with van der Waals surface area (Å²) >= 11 is 0. The molecule has 0 saturated heterocycles. The second-order valence-corrected chi connectivity index (χ2v) is 7.22. The molecular formula is C18H21NO. The van der Waals surface area contributed by atoms with Gasteiger partial charge in [0.25, 0.3) is 0 Å². The highest BCUT2D eigenvalue weighted by Crippen LogP contribution is 2.60. The Bertz CT molecular complexity index is 511. The second-order valence-electron chi connectivity index (χ2n) is 7.22. The molecule has 2 nitrogen and oxygen atoms in total. The van der Waals surface area contributed by atoms with Crippen molar-refractivity contribution in [2.24, 2.45) is 23.2 Å². The zero-order valence-corrected chi connectivity index (χ0v) is 11.8. The van der Waals surface area contributed by atoms with E-state index in [2.05, 4.69) is 11.1 Å². The van der Waals surface area contributed by atoms with E-state index < -0.39 is 0 Å². The third-order valence-electron chi connectivity index (χ3n) is 5.62. The molecule has 0 radical (unpaired) electrons. The zero-order valence-electron chi connectivity index (χ0n) is 11.8. The molecule has 0 aliphatic heterocycles. The Balaban J connectivity index is 1.54. The van der Waals surface area contributed by atoms with Gasteiger partial charge in [0.2, 0.25) is 0 Å². The van der Waals surface area contributed by atoms with E-state index >= 15 is 0 Å². The lowest BCUT2D eigenvalue weighted by atomic mass is 9.49. The van der Waals surface area contributed by atoms with Gasteiger partial charge in [-0.1, -0.05) is 6.08 Å². The largest absolute Gasteiger partial charge is 0.289 e. The van der Waals surface area contributed by atoms with E-state index in [9.17, 15) is 4.79 Å². The normalized spacial score (nSPS) is 38.5. The van der Waals surface area contributed by atoms with Crippen LogP contribution in [0.1, 0.15) is 48.9 Å². The smallest absolute Gasteiger partial charge is 0.187 e. The number of hydrogen-bond donors (Lipinski definition) is 0. The minimum Gasteiger partial charge on any atom is -0.289 e. The fraction of sp³-hybridized carbons (Fsp3) is 0.556. The van der Waals surface area contributed by atoms with Gasteiger partial charge >= 0.3 is 0 Å². The first-order valence-electron chi connectivity index (χ1n) is 7.86. The second kappa shape index (κ2) is 4.54. The number of hydrogen-bond acceptors (Lipinski definition) is 2. The van der Waals surface area contributed by atoms with Crippen molar-refractivity contribution in [2.75, 3.05) is 0 Å². The Morgan fingerprint density at radius 1 is 1.15 bits per heavy atom. The molecule has 4 fully saturated rings. The average molecular weight is 267 g/mol. The Labute approximate surface area is 120 Å². The highest BCUT2D eigenvalue weighted by molar-refractivity contribution is 6.04. The lowest BCUT2D eigenvalue weighted by Gasteiger charge is -2.55. The van der Waals surface area contributed by atoms with Crippen LogP contribution in [0, 0.1) is 23.2 Å². The van der Waals surface area contributed by atoms with Crippen molar-refractivity contribution in [3.8, 4) is 0 Å². The first-order valence-corrected chi connectivity index (χ1v) is 7.86. The van der Waals surface area contributed by atoms with Gasteiger partial charge in [0.1, 0.15) is 0 Å². The van der Waals surface area contributed by atoms with Gasteiger partial charge in [0, 0.05) is 18.0 Å². The number of aromatic nitrogens is 1. The van der Waals surface area contributed by atoms with E-state index in [0.29, 0.717) is 11.0 Å². The van der Waals surface area contributed by atoms with Crippen molar-refractivity contribution in [3.05, 3.63) is 42.2 Å². The van der Waals surface area contributed by atoms with Crippen LogP contribution in [0.3, 0.4) is 0 Å². The minimum absolute atomic E-state index is 0.105. The highest BCUT2D eigenvalue weighted by atomic mass is 16.1. The van der Waals surface area contributed by atoms with Crippen LogP contribution in [0.4, 0.5) is 0 Å². The Kier molecular flexibility index (Phi) is 2.80. The standard InChI is InChI=1S/C18H21NO/c20-17(16-2-1-5-19-12-16)3-4-18-9-13-6-14(10-18)8-15(7-13)11-18/h1-5,12-15H,6-11H2/b4-3+. The fourth-order valence-corrected chi connectivity index (χ4v) is 5.24. The van der Waals surface area contributed by atoms with Gasteiger partial charge in [-0.3, -0.25) is 9.78 Å². The van der Waals surface area contributed by atoms with Crippen LogP contribution in [-0.2, 0) is 0 Å². The number of nitrogens with zero attached hydrogens (tertiary/aromatic N) is 1. The molecule has 1 heterocycles. The van der Waals surface area contributed by atoms with Crippen molar-refractivity contribution in [1.29, 1.82) is 0 Å². The maximum absolute atomic E-state index is 12.2. The summed E-state index contributed by atoms with van der Waals surface area (Å²) in [6, 6.07) is 3.67. The van der Waals surface area contributed by atoms with Crippen molar-refractivity contribution >= 4 is 5.78 Å². The molecule has 0 spiro atoms. The molecular weight excluding hydrogens is 246 g/mol. The maximum atomic E-state index is 12.2. The van der Waals surface area contributed by atoms with Crippen molar-refractivity contribution in [1.82, 2.24) is 4.98 Å². The van der Waals surface area contributed by atoms with Crippen LogP contribution in [-0.4, -0.2) is 10.8 Å². The zero-order chi connectivity index (χ0) is 13.6. The fourth-order valence-electron chi connectivity index (χ4n) is 5.24. The third-order valence-corrected chi connectivity index (χ3v) is 5.62. The predicted molar refractivity (Wildman–Crippen MR) is 78.3 cm³/mol. The SMILES string of the molecule is O=C(/C=C/C12CC3CC(CC(C3)C1)C2)c1cccnc1. The predicted octanol–water partition coefficient (Wildman–Crippen LogP) is 4.04. The molecule has 1 aromatic heterocycles. The lowest BCUT2D eigenvalue weighted by molar-refractivity contribution is -0.0238. The van der Waals surface area contributed by atoms with Crippen molar-refractivity contribution in [2.45, 2.75) is 38.5 Å². The summed E-state index contributed by atoms with van der Waals surface area (Å²) in [4.78, 5) is 16.2. The summed E-state index contributed by atoms with van der Waals surface area (Å²) in [6.45, 7) is 0. The molecule has 1 aromatic rings. The first-order chi connectivity index (χ1) is 9.72. The molecule has 0 aromatic carbocycles. The van der Waals surface area contributed by atoms with Gasteiger partial charge < -0.3 is 0 Å². The van der Waals surface area contributed by atoms with Crippen molar-refractivity contribution < 1.29 is 4.79 Å². The third kappa shape index (κ3) is 2.11. The molecule has 0 atom stereocenters. The summed E-state index contributed by atoms with van der Waals surface area (Å²) in [5.41, 5.74) is 1.04. The number of pyridine rings is 1. The van der Waals surface area contributed by atoms with Gasteiger partial charge in [-0.05, 0) is 79.9 Å². The summed E-state index contributed by atoms with van der Waals surface area (Å²) in [5, 5.41) is 0. The van der Waals surface area contributed by atoms with Crippen LogP contribution in [0.5, 0.6) is 0 Å². The van der Waals surface area contributed by atoms with E-state index in [1.807, 2.05) is 18.2 Å². The summed E-state index contributed by atoms with van der Waals surface area (Å²) in [7, 11) is 0. The molecule has 4 aliphatic carbocycles. The molecule has 4 aliphatic rings. The molecule has 104 valence electrons. The van der Waals surface area contributed by atoms with Crippen LogP contribution in [0.25, 0.3) is 0 Å². The number of allylic oxidation sites excluding steroid dienone is 2. The van der Waals surface area contributed by atoms with E-state index in [1.54, 1.807) is 12.4 Å². The average Bonchev–Trinajstić information content (AvgIpc) is 2.44. The molecule has 4 bridgehead atoms. The minimum atomic E-state index is 0.105. The Morgan fingerprint density at radius 3 is 2.35 bits per heavy atom. The number of rotatable bonds is 3. The van der Waals surface area contributed by atoms with Gasteiger partial charge in [-0.15, -0.1) is 0 Å². The maximum Gasteiger partial charge on any atom is 0.187 e. The van der Waals surface area contributed by atoms with E-state index in [0.717, 1.165) is 17.8 Å². The molecule has 0 amide bonds. The topological polar surface area (TPSA) is 30.0 Å². The summed E-state index contributed by atoms with van der Waals surface area (Å²) in [5.74, 6) is 2.90. The highest BCUT2D eigenvalue weighted by Gasteiger charge is 2.49. The van der Waals surface area contributed by atoms with Crippen molar-refractivity contribution in [3.63, 3.8) is 0 Å². The molecule has 0 unspecified atom stereocenters. The summed E-state index contributed by atoms with van der Waals surface area (Å²) < 4.78 is 0. The molecule has 2 heteroatoms. The molecule has 0 N–H and O–H groups in total. The lowest BCUT2D eigenvalue weighted by Crippen LogP contribution is -2.45. The van der Waals surface area contributed by atoms with Crippen LogP contribution >= 0.6 is 0 Å². The van der Waals surface area contributed by atoms with Gasteiger partial charge in [-0.2, -0.15) is 0 Å². The van der Waals surface area contributed by atoms with Gasteiger partial charge in [0.05, 0.1) is 0 Å². The Morgan fingerprint density at radius 2 is 1.80 bits per heavy atom. The van der Waals surface area contributed by atoms with Gasteiger partial charge in [0.15, 0.2) is 5.78 Å².